The van der Waals surface area contributed by atoms with Gasteiger partial charge in [-0.1, -0.05) is 0 Å². The van der Waals surface area contributed by atoms with Crippen molar-refractivity contribution in [3.05, 3.63) is 29.1 Å². The maximum atomic E-state index is 13.1. The lowest BCUT2D eigenvalue weighted by Crippen LogP contribution is -2.01. The Kier molecular flexibility index (Phi) is 2.82. The molecule has 0 atom stereocenters. The lowest BCUT2D eigenvalue weighted by Gasteiger charge is -2.06. The fourth-order valence-corrected chi connectivity index (χ4v) is 1.16. The summed E-state index contributed by atoms with van der Waals surface area (Å²) in [5.74, 6) is -1.12. The molecule has 0 aliphatic heterocycles. The Morgan fingerprint density at radius 1 is 1.57 bits per heavy atom. The molecule has 0 radical (unpaired) electrons. The van der Waals surface area contributed by atoms with Gasteiger partial charge in [0.25, 0.3) is 0 Å². The molecule has 0 N–H and O–H groups in total. The maximum Gasteiger partial charge on any atom is 0.172 e. The Hall–Kier alpha value is -1.89. The minimum absolute atomic E-state index is 0.0556. The first-order valence-electron chi connectivity index (χ1n) is 3.89. The first-order chi connectivity index (χ1) is 6.61. The van der Waals surface area contributed by atoms with E-state index in [4.69, 9.17) is 10.00 Å². The van der Waals surface area contributed by atoms with E-state index in [1.54, 1.807) is 6.07 Å². The molecule has 1 rings (SSSR count). The van der Waals surface area contributed by atoms with Crippen molar-refractivity contribution in [3.63, 3.8) is 0 Å². The average molecular weight is 193 g/mol. The molecule has 0 aliphatic carbocycles. The molecule has 1 aromatic carbocycles. The number of nitriles is 1. The van der Waals surface area contributed by atoms with Crippen molar-refractivity contribution < 1.29 is 13.9 Å². The summed E-state index contributed by atoms with van der Waals surface area (Å²) < 4.78 is 17.8. The van der Waals surface area contributed by atoms with Crippen molar-refractivity contribution in [1.82, 2.24) is 0 Å². The smallest absolute Gasteiger partial charge is 0.172 e. The third-order valence-electron chi connectivity index (χ3n) is 1.80. The van der Waals surface area contributed by atoms with E-state index in [-0.39, 0.29) is 22.7 Å². The van der Waals surface area contributed by atoms with E-state index < -0.39 is 5.82 Å². The molecule has 4 heteroatoms. The van der Waals surface area contributed by atoms with Gasteiger partial charge in [-0.25, -0.2) is 4.39 Å². The number of carbonyl (C=O) groups excluding carboxylic acids is 1. The summed E-state index contributed by atoms with van der Waals surface area (Å²) in [6.07, 6.45) is 0. The molecular formula is C10H8FNO2. The molecule has 0 bridgehead atoms. The highest BCUT2D eigenvalue weighted by molar-refractivity contribution is 5.97. The van der Waals surface area contributed by atoms with Gasteiger partial charge in [-0.15, -0.1) is 0 Å². The number of methoxy groups -OCH3 is 1. The lowest BCUT2D eigenvalue weighted by molar-refractivity contribution is 0.101. The minimum atomic E-state index is -0.644. The number of hydrogen-bond acceptors (Lipinski definition) is 3. The van der Waals surface area contributed by atoms with E-state index >= 15 is 0 Å². The third-order valence-corrected chi connectivity index (χ3v) is 1.80. The van der Waals surface area contributed by atoms with Crippen LogP contribution in [-0.4, -0.2) is 12.9 Å². The van der Waals surface area contributed by atoms with E-state index in [0.29, 0.717) is 0 Å². The summed E-state index contributed by atoms with van der Waals surface area (Å²) in [5.41, 5.74) is 0.116. The second-order valence-corrected chi connectivity index (χ2v) is 2.67. The number of halogens is 1. The zero-order valence-corrected chi connectivity index (χ0v) is 7.80. The molecule has 0 heterocycles. The number of hydrogen-bond donors (Lipinski definition) is 0. The van der Waals surface area contributed by atoms with Crippen LogP contribution in [0.1, 0.15) is 22.8 Å². The average Bonchev–Trinajstić information content (AvgIpc) is 2.16. The summed E-state index contributed by atoms with van der Waals surface area (Å²) >= 11 is 0. The van der Waals surface area contributed by atoms with Gasteiger partial charge in [0.2, 0.25) is 0 Å². The van der Waals surface area contributed by atoms with E-state index in [9.17, 15) is 9.18 Å². The van der Waals surface area contributed by atoms with Gasteiger partial charge in [-0.05, 0) is 19.1 Å². The summed E-state index contributed by atoms with van der Waals surface area (Å²) in [7, 11) is 1.25. The Bertz CT molecular complexity index is 421. The van der Waals surface area contributed by atoms with Gasteiger partial charge in [0.1, 0.15) is 11.6 Å². The van der Waals surface area contributed by atoms with Gasteiger partial charge in [0.15, 0.2) is 17.3 Å². The van der Waals surface area contributed by atoms with Crippen LogP contribution in [0.15, 0.2) is 12.1 Å². The second kappa shape index (κ2) is 3.88. The van der Waals surface area contributed by atoms with Crippen LogP contribution in [0.5, 0.6) is 5.75 Å². The van der Waals surface area contributed by atoms with E-state index in [2.05, 4.69) is 0 Å². The van der Waals surface area contributed by atoms with Crippen LogP contribution in [0.2, 0.25) is 0 Å². The van der Waals surface area contributed by atoms with Crippen molar-refractivity contribution in [3.8, 4) is 11.8 Å². The fourth-order valence-electron chi connectivity index (χ4n) is 1.16. The predicted octanol–water partition coefficient (Wildman–Crippen LogP) is 1.91. The van der Waals surface area contributed by atoms with Crippen molar-refractivity contribution in [2.24, 2.45) is 0 Å². The van der Waals surface area contributed by atoms with Gasteiger partial charge >= 0.3 is 0 Å². The highest BCUT2D eigenvalue weighted by Gasteiger charge is 2.16. The van der Waals surface area contributed by atoms with Crippen LogP contribution in [-0.2, 0) is 0 Å². The molecule has 1 aromatic rings. The SMILES string of the molecule is COc1c(F)ccc(C(C)=O)c1C#N. The lowest BCUT2D eigenvalue weighted by atomic mass is 10.0. The molecule has 0 fully saturated rings. The van der Waals surface area contributed by atoms with Crippen LogP contribution in [0, 0.1) is 17.1 Å². The molecule has 0 amide bonds. The summed E-state index contributed by atoms with van der Waals surface area (Å²) in [5, 5.41) is 8.75. The summed E-state index contributed by atoms with van der Waals surface area (Å²) in [6, 6.07) is 4.14. The highest BCUT2D eigenvalue weighted by atomic mass is 19.1. The van der Waals surface area contributed by atoms with Crippen LogP contribution in [0.25, 0.3) is 0 Å². The highest BCUT2D eigenvalue weighted by Crippen LogP contribution is 2.25. The van der Waals surface area contributed by atoms with Crippen LogP contribution < -0.4 is 4.74 Å². The molecule has 0 aliphatic rings. The zero-order chi connectivity index (χ0) is 10.7. The molecule has 0 unspecified atom stereocenters. The van der Waals surface area contributed by atoms with Gasteiger partial charge < -0.3 is 4.74 Å². The predicted molar refractivity (Wildman–Crippen MR) is 47.7 cm³/mol. The Labute approximate surface area is 80.7 Å². The molecule has 0 spiro atoms. The minimum Gasteiger partial charge on any atom is -0.492 e. The number of Topliss-reactive ketones (excluding diaryl/α,β-unsaturated/α-hetero) is 1. The zero-order valence-electron chi connectivity index (χ0n) is 7.80. The number of nitrogens with zero attached hydrogens (tertiary/aromatic N) is 1. The third kappa shape index (κ3) is 1.57. The standard InChI is InChI=1S/C10H8FNO2/c1-6(13)7-3-4-9(11)10(14-2)8(7)5-12/h3-4H,1-2H3. The van der Waals surface area contributed by atoms with Gasteiger partial charge in [-0.3, -0.25) is 4.79 Å². The normalized spacial score (nSPS) is 9.29. The Morgan fingerprint density at radius 2 is 2.21 bits per heavy atom. The fraction of sp³-hybridized carbons (Fsp3) is 0.200. The monoisotopic (exact) mass is 193 g/mol. The molecular weight excluding hydrogens is 185 g/mol. The summed E-state index contributed by atoms with van der Waals surface area (Å²) in [6.45, 7) is 1.31. The first-order valence-corrected chi connectivity index (χ1v) is 3.89. The number of carbonyl (C=O) groups is 1. The largest absolute Gasteiger partial charge is 0.492 e. The first kappa shape index (κ1) is 10.2. The molecule has 0 aromatic heterocycles. The Balaban J connectivity index is 3.50. The maximum absolute atomic E-state index is 13.1. The number of rotatable bonds is 2. The van der Waals surface area contributed by atoms with Gasteiger partial charge in [0, 0.05) is 5.56 Å². The van der Waals surface area contributed by atoms with E-state index in [1.165, 1.54) is 20.1 Å². The van der Waals surface area contributed by atoms with Crippen LogP contribution in [0.4, 0.5) is 4.39 Å². The van der Waals surface area contributed by atoms with E-state index in [1.807, 2.05) is 0 Å². The van der Waals surface area contributed by atoms with Crippen molar-refractivity contribution in [2.75, 3.05) is 7.11 Å². The molecule has 0 saturated heterocycles. The number of ether oxygens (including phenoxy) is 1. The van der Waals surface area contributed by atoms with Crippen LogP contribution >= 0.6 is 0 Å². The molecule has 3 nitrogen and oxygen atoms in total. The van der Waals surface area contributed by atoms with E-state index in [0.717, 1.165) is 6.07 Å². The number of ketones is 1. The van der Waals surface area contributed by atoms with Gasteiger partial charge in [0.05, 0.1) is 7.11 Å². The van der Waals surface area contributed by atoms with Crippen LogP contribution in [0.3, 0.4) is 0 Å². The number of benzene rings is 1. The topological polar surface area (TPSA) is 50.1 Å². The molecule has 72 valence electrons. The molecule has 14 heavy (non-hydrogen) atoms. The van der Waals surface area contributed by atoms with Crippen molar-refractivity contribution in [1.29, 1.82) is 5.26 Å². The summed E-state index contributed by atoms with van der Waals surface area (Å²) in [4.78, 5) is 11.1. The quantitative estimate of drug-likeness (QED) is 0.674. The van der Waals surface area contributed by atoms with Crippen molar-refractivity contribution >= 4 is 5.78 Å². The van der Waals surface area contributed by atoms with Crippen molar-refractivity contribution in [2.45, 2.75) is 6.92 Å². The molecule has 0 saturated carbocycles. The Morgan fingerprint density at radius 3 is 2.64 bits per heavy atom. The van der Waals surface area contributed by atoms with Gasteiger partial charge in [-0.2, -0.15) is 5.26 Å². The second-order valence-electron chi connectivity index (χ2n) is 2.67.